The Labute approximate surface area is 157 Å². The van der Waals surface area contributed by atoms with Crippen LogP contribution < -0.4 is 15.5 Å². The minimum absolute atomic E-state index is 0.240. The van der Waals surface area contributed by atoms with Crippen LogP contribution in [0.15, 0.2) is 54.6 Å². The Hall–Kier alpha value is -3.48. The third-order valence-corrected chi connectivity index (χ3v) is 3.83. The lowest BCUT2D eigenvalue weighted by molar-refractivity contribution is 0.102. The number of hydrogen-bond donors (Lipinski definition) is 2. The van der Waals surface area contributed by atoms with E-state index in [9.17, 15) is 9.18 Å². The summed E-state index contributed by atoms with van der Waals surface area (Å²) in [6, 6.07) is 14.9. The summed E-state index contributed by atoms with van der Waals surface area (Å²) in [6.07, 6.45) is 0. The van der Waals surface area contributed by atoms with Crippen molar-refractivity contribution in [3.8, 4) is 0 Å². The van der Waals surface area contributed by atoms with Gasteiger partial charge in [-0.05, 0) is 61.5 Å². The predicted molar refractivity (Wildman–Crippen MR) is 105 cm³/mol. The molecule has 3 rings (SSSR count). The lowest BCUT2D eigenvalue weighted by Gasteiger charge is -2.13. The maximum Gasteiger partial charge on any atom is 0.274 e. The van der Waals surface area contributed by atoms with Gasteiger partial charge < -0.3 is 15.5 Å². The van der Waals surface area contributed by atoms with Gasteiger partial charge >= 0.3 is 0 Å². The Morgan fingerprint density at radius 2 is 1.59 bits per heavy atom. The Morgan fingerprint density at radius 3 is 2.22 bits per heavy atom. The van der Waals surface area contributed by atoms with Crippen molar-refractivity contribution in [1.29, 1.82) is 0 Å². The largest absolute Gasteiger partial charge is 0.378 e. The van der Waals surface area contributed by atoms with Gasteiger partial charge in [-0.2, -0.15) is 0 Å². The second kappa shape index (κ2) is 7.82. The van der Waals surface area contributed by atoms with E-state index in [1.165, 1.54) is 12.1 Å². The van der Waals surface area contributed by atoms with Gasteiger partial charge in [-0.1, -0.05) is 0 Å². The number of halogens is 1. The Bertz CT molecular complexity index is 940. The topological polar surface area (TPSA) is 70.2 Å². The molecular weight excluding hydrogens is 345 g/mol. The van der Waals surface area contributed by atoms with E-state index < -0.39 is 0 Å². The molecule has 27 heavy (non-hydrogen) atoms. The van der Waals surface area contributed by atoms with E-state index in [1.54, 1.807) is 25.1 Å². The molecule has 0 radical (unpaired) electrons. The van der Waals surface area contributed by atoms with Crippen molar-refractivity contribution in [3.63, 3.8) is 0 Å². The summed E-state index contributed by atoms with van der Waals surface area (Å²) in [5, 5.41) is 5.80. The normalized spacial score (nSPS) is 10.4. The standard InChI is InChI=1S/C20H20FN5O/c1-13-12-18(19(27)23-15-8-10-17(11-9-15)26(2)3)25-20(22-13)24-16-6-4-14(21)5-7-16/h4-12H,1-3H3,(H,23,27)(H,22,24,25). The van der Waals surface area contributed by atoms with Gasteiger partial charge in [-0.3, -0.25) is 4.79 Å². The van der Waals surface area contributed by atoms with Gasteiger partial charge in [0.2, 0.25) is 5.95 Å². The first-order chi connectivity index (χ1) is 12.9. The number of nitrogens with zero attached hydrogens (tertiary/aromatic N) is 3. The predicted octanol–water partition coefficient (Wildman–Crippen LogP) is 3.99. The zero-order valence-electron chi connectivity index (χ0n) is 15.3. The highest BCUT2D eigenvalue weighted by Gasteiger charge is 2.11. The van der Waals surface area contributed by atoms with Crippen molar-refractivity contribution in [2.24, 2.45) is 0 Å². The van der Waals surface area contributed by atoms with Crippen molar-refractivity contribution >= 4 is 28.9 Å². The highest BCUT2D eigenvalue weighted by atomic mass is 19.1. The molecule has 3 aromatic rings. The molecule has 0 aliphatic heterocycles. The van der Waals surface area contributed by atoms with E-state index in [-0.39, 0.29) is 23.4 Å². The second-order valence-electron chi connectivity index (χ2n) is 6.25. The van der Waals surface area contributed by atoms with Crippen LogP contribution in [0.5, 0.6) is 0 Å². The summed E-state index contributed by atoms with van der Waals surface area (Å²) in [7, 11) is 3.90. The van der Waals surface area contributed by atoms with E-state index in [0.29, 0.717) is 17.1 Å². The van der Waals surface area contributed by atoms with E-state index in [2.05, 4.69) is 20.6 Å². The molecule has 0 aliphatic rings. The minimum atomic E-state index is -0.333. The molecule has 0 aliphatic carbocycles. The fourth-order valence-electron chi connectivity index (χ4n) is 2.44. The summed E-state index contributed by atoms with van der Waals surface area (Å²) >= 11 is 0. The summed E-state index contributed by atoms with van der Waals surface area (Å²) in [4.78, 5) is 23.1. The third kappa shape index (κ3) is 4.78. The molecule has 1 amide bonds. The molecule has 138 valence electrons. The third-order valence-electron chi connectivity index (χ3n) is 3.83. The lowest BCUT2D eigenvalue weighted by atomic mass is 10.2. The average molecular weight is 365 g/mol. The summed E-state index contributed by atoms with van der Waals surface area (Å²) in [6.45, 7) is 1.78. The molecule has 2 N–H and O–H groups in total. The van der Waals surface area contributed by atoms with Crippen molar-refractivity contribution < 1.29 is 9.18 Å². The number of amides is 1. The minimum Gasteiger partial charge on any atom is -0.378 e. The van der Waals surface area contributed by atoms with Crippen LogP contribution >= 0.6 is 0 Å². The summed E-state index contributed by atoms with van der Waals surface area (Å²) < 4.78 is 13.0. The zero-order chi connectivity index (χ0) is 19.4. The fraction of sp³-hybridized carbons (Fsp3) is 0.150. The first kappa shape index (κ1) is 18.3. The van der Waals surface area contributed by atoms with Crippen LogP contribution in [0, 0.1) is 12.7 Å². The van der Waals surface area contributed by atoms with E-state index in [0.717, 1.165) is 5.69 Å². The maximum absolute atomic E-state index is 13.0. The Balaban J connectivity index is 1.76. The van der Waals surface area contributed by atoms with Gasteiger partial charge in [0.05, 0.1) is 0 Å². The number of anilines is 4. The molecule has 1 heterocycles. The van der Waals surface area contributed by atoms with Crippen molar-refractivity contribution in [3.05, 3.63) is 71.8 Å². The molecule has 0 fully saturated rings. The maximum atomic E-state index is 13.0. The number of aromatic nitrogens is 2. The van der Waals surface area contributed by atoms with Crippen LogP contribution in [0.3, 0.4) is 0 Å². The SMILES string of the molecule is Cc1cc(C(=O)Nc2ccc(N(C)C)cc2)nc(Nc2ccc(F)cc2)n1. The Morgan fingerprint density at radius 1 is 0.963 bits per heavy atom. The lowest BCUT2D eigenvalue weighted by Crippen LogP contribution is -2.15. The van der Waals surface area contributed by atoms with Crippen molar-refractivity contribution in [2.45, 2.75) is 6.92 Å². The summed E-state index contributed by atoms with van der Waals surface area (Å²) in [5.41, 5.74) is 3.23. The number of aryl methyl sites for hydroxylation is 1. The smallest absolute Gasteiger partial charge is 0.274 e. The van der Waals surface area contributed by atoms with Gasteiger partial charge in [0, 0.05) is 36.9 Å². The van der Waals surface area contributed by atoms with Crippen molar-refractivity contribution in [1.82, 2.24) is 9.97 Å². The van der Waals surface area contributed by atoms with Crippen LogP contribution in [-0.4, -0.2) is 30.0 Å². The molecule has 1 aromatic heterocycles. The van der Waals surface area contributed by atoms with Gasteiger partial charge in [-0.15, -0.1) is 0 Å². The quantitative estimate of drug-likeness (QED) is 0.716. The van der Waals surface area contributed by atoms with E-state index in [4.69, 9.17) is 0 Å². The van der Waals surface area contributed by atoms with Crippen LogP contribution in [0.1, 0.15) is 16.2 Å². The molecular formula is C20H20FN5O. The molecule has 0 bridgehead atoms. The second-order valence-corrected chi connectivity index (χ2v) is 6.25. The highest BCUT2D eigenvalue weighted by molar-refractivity contribution is 6.03. The number of rotatable bonds is 5. The Kier molecular flexibility index (Phi) is 5.30. The number of carbonyl (C=O) groups excluding carboxylic acids is 1. The van der Waals surface area contributed by atoms with Gasteiger partial charge in [0.25, 0.3) is 5.91 Å². The first-order valence-corrected chi connectivity index (χ1v) is 8.38. The fourth-order valence-corrected chi connectivity index (χ4v) is 2.44. The number of carbonyl (C=O) groups is 1. The average Bonchev–Trinajstić information content (AvgIpc) is 2.63. The molecule has 7 heteroatoms. The van der Waals surface area contributed by atoms with Crippen LogP contribution in [0.2, 0.25) is 0 Å². The number of benzene rings is 2. The molecule has 2 aromatic carbocycles. The highest BCUT2D eigenvalue weighted by Crippen LogP contribution is 2.18. The van der Waals surface area contributed by atoms with Crippen LogP contribution in [-0.2, 0) is 0 Å². The zero-order valence-corrected chi connectivity index (χ0v) is 15.3. The van der Waals surface area contributed by atoms with Crippen LogP contribution in [0.25, 0.3) is 0 Å². The number of hydrogen-bond acceptors (Lipinski definition) is 5. The monoisotopic (exact) mass is 365 g/mol. The van der Waals surface area contributed by atoms with Gasteiger partial charge in [-0.25, -0.2) is 14.4 Å². The number of nitrogens with one attached hydrogen (secondary N) is 2. The molecule has 6 nitrogen and oxygen atoms in total. The van der Waals surface area contributed by atoms with Crippen LogP contribution in [0.4, 0.5) is 27.4 Å². The summed E-state index contributed by atoms with van der Waals surface area (Å²) in [5.74, 6) is -0.388. The first-order valence-electron chi connectivity index (χ1n) is 8.38. The van der Waals surface area contributed by atoms with Gasteiger partial charge in [0.1, 0.15) is 11.5 Å². The molecule has 0 atom stereocenters. The van der Waals surface area contributed by atoms with E-state index in [1.807, 2.05) is 43.3 Å². The van der Waals surface area contributed by atoms with E-state index >= 15 is 0 Å². The van der Waals surface area contributed by atoms with Gasteiger partial charge in [0.15, 0.2) is 0 Å². The molecule has 0 saturated carbocycles. The molecule has 0 unspecified atom stereocenters. The van der Waals surface area contributed by atoms with Crippen molar-refractivity contribution in [2.75, 3.05) is 29.6 Å². The molecule has 0 spiro atoms. The molecule has 0 saturated heterocycles.